The second kappa shape index (κ2) is 11.2. The van der Waals surface area contributed by atoms with E-state index in [0.717, 1.165) is 6.42 Å². The van der Waals surface area contributed by atoms with Crippen LogP contribution in [0.5, 0.6) is 5.75 Å². The van der Waals surface area contributed by atoms with E-state index in [1.165, 1.54) is 0 Å². The Hall–Kier alpha value is -1.61. The number of ether oxygens (including phenoxy) is 4. The highest BCUT2D eigenvalue weighted by Gasteiger charge is 1.96. The Morgan fingerprint density at radius 3 is 2.45 bits per heavy atom. The lowest BCUT2D eigenvalue weighted by Crippen LogP contribution is -2.10. The van der Waals surface area contributed by atoms with Crippen molar-refractivity contribution in [2.75, 3.05) is 46.8 Å². The minimum atomic E-state index is 0.472. The molecule has 1 aromatic carbocycles. The zero-order valence-corrected chi connectivity index (χ0v) is 11.8. The van der Waals surface area contributed by atoms with E-state index in [1.54, 1.807) is 25.3 Å². The molecule has 0 aliphatic rings. The molecule has 0 fully saturated rings. The van der Waals surface area contributed by atoms with Crippen molar-refractivity contribution in [2.45, 2.75) is 6.42 Å². The Morgan fingerprint density at radius 1 is 1.00 bits per heavy atom. The van der Waals surface area contributed by atoms with Crippen LogP contribution in [-0.4, -0.2) is 46.8 Å². The molecule has 5 nitrogen and oxygen atoms in total. The number of benzene rings is 1. The standard InChI is InChI=1S/C15H21NO4/c1-17-8-9-18-6-3-7-19-10-11-20-15-5-2-4-14(12-15)13-16/h2,4-5,12H,3,6-11H2,1H3. The van der Waals surface area contributed by atoms with Crippen LogP contribution in [0, 0.1) is 11.3 Å². The van der Waals surface area contributed by atoms with Crippen molar-refractivity contribution in [3.05, 3.63) is 29.8 Å². The van der Waals surface area contributed by atoms with Crippen LogP contribution in [0.15, 0.2) is 24.3 Å². The first-order chi connectivity index (χ1) is 9.86. The van der Waals surface area contributed by atoms with Gasteiger partial charge in [-0.3, -0.25) is 0 Å². The predicted octanol–water partition coefficient (Wildman–Crippen LogP) is 2.01. The molecule has 0 amide bonds. The van der Waals surface area contributed by atoms with Gasteiger partial charge in [-0.2, -0.15) is 5.26 Å². The largest absolute Gasteiger partial charge is 0.491 e. The van der Waals surface area contributed by atoms with Crippen molar-refractivity contribution in [3.63, 3.8) is 0 Å². The smallest absolute Gasteiger partial charge is 0.120 e. The van der Waals surface area contributed by atoms with Gasteiger partial charge in [-0.25, -0.2) is 0 Å². The van der Waals surface area contributed by atoms with Crippen molar-refractivity contribution >= 4 is 0 Å². The van der Waals surface area contributed by atoms with Crippen LogP contribution < -0.4 is 4.74 Å². The average molecular weight is 279 g/mol. The van der Waals surface area contributed by atoms with Crippen LogP contribution in [0.2, 0.25) is 0 Å². The molecule has 0 spiro atoms. The molecule has 1 rings (SSSR count). The normalized spacial score (nSPS) is 10.2. The Bertz CT molecular complexity index is 403. The molecule has 0 bridgehead atoms. The summed E-state index contributed by atoms with van der Waals surface area (Å²) in [7, 11) is 1.65. The molecule has 0 N–H and O–H groups in total. The molecule has 0 aliphatic heterocycles. The first-order valence-electron chi connectivity index (χ1n) is 6.64. The summed E-state index contributed by atoms with van der Waals surface area (Å²) in [5.74, 6) is 0.690. The lowest BCUT2D eigenvalue weighted by Gasteiger charge is -2.07. The Labute approximate surface area is 120 Å². The van der Waals surface area contributed by atoms with Gasteiger partial charge < -0.3 is 18.9 Å². The molecule has 0 atom stereocenters. The second-order valence-corrected chi connectivity index (χ2v) is 4.06. The third kappa shape index (κ3) is 7.74. The fraction of sp³-hybridized carbons (Fsp3) is 0.533. The minimum absolute atomic E-state index is 0.472. The monoisotopic (exact) mass is 279 g/mol. The highest BCUT2D eigenvalue weighted by molar-refractivity contribution is 5.36. The molecule has 0 aliphatic carbocycles. The molecular weight excluding hydrogens is 258 g/mol. The van der Waals surface area contributed by atoms with E-state index in [1.807, 2.05) is 6.07 Å². The number of nitrogens with zero attached hydrogens (tertiary/aromatic N) is 1. The van der Waals surface area contributed by atoms with Crippen LogP contribution in [0.25, 0.3) is 0 Å². The molecule has 0 radical (unpaired) electrons. The van der Waals surface area contributed by atoms with Gasteiger partial charge in [-0.05, 0) is 24.6 Å². The summed E-state index contributed by atoms with van der Waals surface area (Å²) >= 11 is 0. The molecule has 0 saturated carbocycles. The Morgan fingerprint density at radius 2 is 1.75 bits per heavy atom. The third-order valence-electron chi connectivity index (χ3n) is 2.47. The topological polar surface area (TPSA) is 60.7 Å². The molecule has 5 heteroatoms. The fourth-order valence-corrected chi connectivity index (χ4v) is 1.48. The Kier molecular flexibility index (Phi) is 9.24. The van der Waals surface area contributed by atoms with E-state index in [2.05, 4.69) is 6.07 Å². The molecule has 0 aromatic heterocycles. The summed E-state index contributed by atoms with van der Waals surface area (Å²) in [6, 6.07) is 9.15. The SMILES string of the molecule is COCCOCCCOCCOc1cccc(C#N)c1. The zero-order valence-electron chi connectivity index (χ0n) is 11.8. The summed E-state index contributed by atoms with van der Waals surface area (Å²) in [6.07, 6.45) is 0.855. The fourth-order valence-electron chi connectivity index (χ4n) is 1.48. The van der Waals surface area contributed by atoms with E-state index >= 15 is 0 Å². The quantitative estimate of drug-likeness (QED) is 0.580. The third-order valence-corrected chi connectivity index (χ3v) is 2.47. The van der Waals surface area contributed by atoms with Gasteiger partial charge in [-0.1, -0.05) is 6.07 Å². The summed E-state index contributed by atoms with van der Waals surface area (Å²) in [5, 5.41) is 8.76. The van der Waals surface area contributed by atoms with Gasteiger partial charge in [-0.15, -0.1) is 0 Å². The lowest BCUT2D eigenvalue weighted by atomic mass is 10.2. The predicted molar refractivity (Wildman–Crippen MR) is 74.8 cm³/mol. The van der Waals surface area contributed by atoms with Gasteiger partial charge >= 0.3 is 0 Å². The average Bonchev–Trinajstić information content (AvgIpc) is 2.49. The van der Waals surface area contributed by atoms with Crippen LogP contribution in [0.1, 0.15) is 12.0 Å². The van der Waals surface area contributed by atoms with Gasteiger partial charge in [0, 0.05) is 20.3 Å². The van der Waals surface area contributed by atoms with E-state index in [0.29, 0.717) is 51.0 Å². The summed E-state index contributed by atoms with van der Waals surface area (Å²) in [6.45, 7) is 3.56. The zero-order chi connectivity index (χ0) is 14.5. The number of hydrogen-bond acceptors (Lipinski definition) is 5. The van der Waals surface area contributed by atoms with E-state index in [9.17, 15) is 0 Å². The maximum atomic E-state index is 8.76. The molecule has 1 aromatic rings. The maximum absolute atomic E-state index is 8.76. The number of nitriles is 1. The van der Waals surface area contributed by atoms with Gasteiger partial charge in [0.15, 0.2) is 0 Å². The summed E-state index contributed by atoms with van der Waals surface area (Å²) in [5.41, 5.74) is 0.594. The summed E-state index contributed by atoms with van der Waals surface area (Å²) < 4.78 is 21.1. The van der Waals surface area contributed by atoms with Gasteiger partial charge in [0.05, 0.1) is 31.5 Å². The van der Waals surface area contributed by atoms with Gasteiger partial charge in [0.1, 0.15) is 12.4 Å². The molecular formula is C15H21NO4. The molecule has 0 heterocycles. The van der Waals surface area contributed by atoms with Crippen LogP contribution in [-0.2, 0) is 14.2 Å². The molecule has 0 unspecified atom stereocenters. The van der Waals surface area contributed by atoms with Gasteiger partial charge in [0.25, 0.3) is 0 Å². The van der Waals surface area contributed by atoms with Crippen LogP contribution >= 0.6 is 0 Å². The Balaban J connectivity index is 1.95. The van der Waals surface area contributed by atoms with Crippen LogP contribution in [0.4, 0.5) is 0 Å². The molecule has 0 saturated heterocycles. The van der Waals surface area contributed by atoms with Crippen molar-refractivity contribution in [1.82, 2.24) is 0 Å². The second-order valence-electron chi connectivity index (χ2n) is 4.06. The summed E-state index contributed by atoms with van der Waals surface area (Å²) in [4.78, 5) is 0. The number of rotatable bonds is 11. The first kappa shape index (κ1) is 16.4. The van der Waals surface area contributed by atoms with E-state index in [4.69, 9.17) is 24.2 Å². The van der Waals surface area contributed by atoms with E-state index in [-0.39, 0.29) is 0 Å². The highest BCUT2D eigenvalue weighted by atomic mass is 16.5. The van der Waals surface area contributed by atoms with Crippen molar-refractivity contribution < 1.29 is 18.9 Å². The highest BCUT2D eigenvalue weighted by Crippen LogP contribution is 2.12. The number of hydrogen-bond donors (Lipinski definition) is 0. The van der Waals surface area contributed by atoms with E-state index < -0.39 is 0 Å². The lowest BCUT2D eigenvalue weighted by molar-refractivity contribution is 0.0459. The number of methoxy groups -OCH3 is 1. The van der Waals surface area contributed by atoms with Crippen molar-refractivity contribution in [2.24, 2.45) is 0 Å². The molecule has 110 valence electrons. The first-order valence-corrected chi connectivity index (χ1v) is 6.64. The minimum Gasteiger partial charge on any atom is -0.491 e. The van der Waals surface area contributed by atoms with Crippen LogP contribution in [0.3, 0.4) is 0 Å². The van der Waals surface area contributed by atoms with Crippen molar-refractivity contribution in [3.8, 4) is 11.8 Å². The van der Waals surface area contributed by atoms with Gasteiger partial charge in [0.2, 0.25) is 0 Å². The van der Waals surface area contributed by atoms with Crippen molar-refractivity contribution in [1.29, 1.82) is 5.26 Å². The molecule has 20 heavy (non-hydrogen) atoms. The maximum Gasteiger partial charge on any atom is 0.120 e.